The van der Waals surface area contributed by atoms with E-state index in [1.807, 2.05) is 13.8 Å². The molecule has 4 heteroatoms. The number of hydrogen-bond acceptors (Lipinski definition) is 4. The molecule has 0 aliphatic carbocycles. The van der Waals surface area contributed by atoms with E-state index >= 15 is 0 Å². The molecule has 0 bridgehead atoms. The summed E-state index contributed by atoms with van der Waals surface area (Å²) in [7, 11) is 0. The van der Waals surface area contributed by atoms with Gasteiger partial charge in [0.05, 0.1) is 6.10 Å². The Morgan fingerprint density at radius 3 is 2.61 bits per heavy atom. The van der Waals surface area contributed by atoms with Crippen molar-refractivity contribution >= 4 is 5.69 Å². The van der Waals surface area contributed by atoms with Crippen molar-refractivity contribution in [2.24, 2.45) is 0 Å². The van der Waals surface area contributed by atoms with Gasteiger partial charge >= 0.3 is 0 Å². The van der Waals surface area contributed by atoms with Gasteiger partial charge in [0.25, 0.3) is 0 Å². The first-order valence-electron chi connectivity index (χ1n) is 8.40. The normalized spacial score (nSPS) is 16.7. The highest BCUT2D eigenvalue weighted by atomic mass is 16.3. The molecule has 1 aliphatic rings. The largest absolute Gasteiger partial charge is 0.466 e. The standard InChI is InChI=1S/C19H26N2O2/c1-14-11-17(15(2)23-14)12-20-19-6-4-3-5-16(19)13-21-9-7-18(22)8-10-21/h3-6,11,18,20,22H,7-10,12-13H2,1-2H3. The Labute approximate surface area is 138 Å². The van der Waals surface area contributed by atoms with E-state index in [4.69, 9.17) is 4.42 Å². The highest BCUT2D eigenvalue weighted by Crippen LogP contribution is 2.22. The molecule has 3 rings (SSSR count). The number of rotatable bonds is 5. The van der Waals surface area contributed by atoms with Crippen molar-refractivity contribution in [2.45, 2.75) is 45.9 Å². The second kappa shape index (κ2) is 7.20. The van der Waals surface area contributed by atoms with Gasteiger partial charge in [0, 0.05) is 37.4 Å². The highest BCUT2D eigenvalue weighted by molar-refractivity contribution is 5.51. The average molecular weight is 314 g/mol. The van der Waals surface area contributed by atoms with Crippen LogP contribution in [0.25, 0.3) is 0 Å². The minimum absolute atomic E-state index is 0.119. The number of likely N-dealkylation sites (tertiary alicyclic amines) is 1. The van der Waals surface area contributed by atoms with Crippen LogP contribution in [0, 0.1) is 13.8 Å². The fourth-order valence-electron chi connectivity index (χ4n) is 3.20. The molecule has 0 radical (unpaired) electrons. The summed E-state index contributed by atoms with van der Waals surface area (Å²) in [5.74, 6) is 1.94. The zero-order valence-electron chi connectivity index (χ0n) is 14.0. The number of aliphatic hydroxyl groups is 1. The third-order valence-electron chi connectivity index (χ3n) is 4.58. The van der Waals surface area contributed by atoms with Gasteiger partial charge < -0.3 is 14.8 Å². The number of benzene rings is 1. The van der Waals surface area contributed by atoms with Crippen LogP contribution in [0.1, 0.15) is 35.5 Å². The molecule has 23 heavy (non-hydrogen) atoms. The molecule has 1 fully saturated rings. The van der Waals surface area contributed by atoms with Crippen molar-refractivity contribution in [1.29, 1.82) is 0 Å². The third-order valence-corrected chi connectivity index (χ3v) is 4.58. The van der Waals surface area contributed by atoms with Gasteiger partial charge in [-0.1, -0.05) is 18.2 Å². The van der Waals surface area contributed by atoms with Crippen molar-refractivity contribution in [3.8, 4) is 0 Å². The minimum atomic E-state index is -0.119. The quantitative estimate of drug-likeness (QED) is 0.887. The summed E-state index contributed by atoms with van der Waals surface area (Å²) in [5.41, 5.74) is 3.69. The maximum absolute atomic E-state index is 9.64. The SMILES string of the molecule is Cc1cc(CNc2ccccc2CN2CCC(O)CC2)c(C)o1. The lowest BCUT2D eigenvalue weighted by Gasteiger charge is -2.30. The summed E-state index contributed by atoms with van der Waals surface area (Å²) in [6.07, 6.45) is 1.64. The number of piperidine rings is 1. The van der Waals surface area contributed by atoms with Gasteiger partial charge in [0.15, 0.2) is 0 Å². The predicted octanol–water partition coefficient (Wildman–Crippen LogP) is 3.47. The lowest BCUT2D eigenvalue weighted by atomic mass is 10.1. The van der Waals surface area contributed by atoms with Crippen LogP contribution >= 0.6 is 0 Å². The van der Waals surface area contributed by atoms with E-state index in [2.05, 4.69) is 40.5 Å². The zero-order chi connectivity index (χ0) is 16.2. The molecule has 124 valence electrons. The van der Waals surface area contributed by atoms with Gasteiger partial charge in [-0.25, -0.2) is 0 Å². The lowest BCUT2D eigenvalue weighted by molar-refractivity contribution is 0.0793. The first-order chi connectivity index (χ1) is 11.1. The zero-order valence-corrected chi connectivity index (χ0v) is 14.0. The summed E-state index contributed by atoms with van der Waals surface area (Å²) in [6, 6.07) is 10.6. The van der Waals surface area contributed by atoms with E-state index in [9.17, 15) is 5.11 Å². The summed E-state index contributed by atoms with van der Waals surface area (Å²) >= 11 is 0. The van der Waals surface area contributed by atoms with E-state index in [0.717, 1.165) is 50.5 Å². The van der Waals surface area contributed by atoms with Crippen molar-refractivity contribution < 1.29 is 9.52 Å². The van der Waals surface area contributed by atoms with Gasteiger partial charge in [0.1, 0.15) is 11.5 Å². The van der Waals surface area contributed by atoms with Crippen molar-refractivity contribution in [1.82, 2.24) is 4.90 Å². The van der Waals surface area contributed by atoms with Crippen LogP contribution in [0.2, 0.25) is 0 Å². The summed E-state index contributed by atoms with van der Waals surface area (Å²) < 4.78 is 5.59. The van der Waals surface area contributed by atoms with Crippen molar-refractivity contribution in [3.05, 3.63) is 53.0 Å². The Bertz CT molecular complexity index is 643. The maximum atomic E-state index is 9.64. The molecule has 2 aromatic rings. The Hall–Kier alpha value is -1.78. The number of para-hydroxylation sites is 1. The molecular formula is C19H26N2O2. The van der Waals surface area contributed by atoms with Gasteiger partial charge in [-0.15, -0.1) is 0 Å². The number of furan rings is 1. The molecule has 4 nitrogen and oxygen atoms in total. The molecule has 1 saturated heterocycles. The third kappa shape index (κ3) is 4.15. The summed E-state index contributed by atoms with van der Waals surface area (Å²) in [6.45, 7) is 7.63. The van der Waals surface area contributed by atoms with E-state index in [0.29, 0.717) is 0 Å². The molecule has 0 atom stereocenters. The van der Waals surface area contributed by atoms with Crippen LogP contribution in [0.4, 0.5) is 5.69 Å². The maximum Gasteiger partial charge on any atom is 0.106 e. The Morgan fingerprint density at radius 1 is 1.17 bits per heavy atom. The molecular weight excluding hydrogens is 288 g/mol. The fraction of sp³-hybridized carbons (Fsp3) is 0.474. The Kier molecular flexibility index (Phi) is 5.03. The number of hydrogen-bond donors (Lipinski definition) is 2. The molecule has 2 N–H and O–H groups in total. The molecule has 0 amide bonds. The van der Waals surface area contributed by atoms with Crippen molar-refractivity contribution in [2.75, 3.05) is 18.4 Å². The number of aliphatic hydroxyl groups excluding tert-OH is 1. The fourth-order valence-corrected chi connectivity index (χ4v) is 3.20. The van der Waals surface area contributed by atoms with Crippen LogP contribution in [-0.2, 0) is 13.1 Å². The number of aryl methyl sites for hydroxylation is 2. The molecule has 2 heterocycles. The van der Waals surface area contributed by atoms with Crippen LogP contribution in [0.3, 0.4) is 0 Å². The first kappa shape index (κ1) is 16.1. The smallest absolute Gasteiger partial charge is 0.106 e. The van der Waals surface area contributed by atoms with E-state index in [-0.39, 0.29) is 6.10 Å². The summed E-state index contributed by atoms with van der Waals surface area (Å²) in [4.78, 5) is 2.42. The van der Waals surface area contributed by atoms with Crippen LogP contribution in [0.15, 0.2) is 34.7 Å². The van der Waals surface area contributed by atoms with Gasteiger partial charge in [-0.3, -0.25) is 4.90 Å². The lowest BCUT2D eigenvalue weighted by Crippen LogP contribution is -2.35. The first-order valence-corrected chi connectivity index (χ1v) is 8.40. The Balaban J connectivity index is 1.64. The van der Waals surface area contributed by atoms with Gasteiger partial charge in [-0.2, -0.15) is 0 Å². The molecule has 1 aliphatic heterocycles. The van der Waals surface area contributed by atoms with Crippen molar-refractivity contribution in [3.63, 3.8) is 0 Å². The monoisotopic (exact) mass is 314 g/mol. The second-order valence-electron chi connectivity index (χ2n) is 6.46. The van der Waals surface area contributed by atoms with Crippen LogP contribution in [0.5, 0.6) is 0 Å². The second-order valence-corrected chi connectivity index (χ2v) is 6.46. The Morgan fingerprint density at radius 2 is 1.91 bits per heavy atom. The molecule has 0 spiro atoms. The average Bonchev–Trinajstić information content (AvgIpc) is 2.86. The van der Waals surface area contributed by atoms with E-state index < -0.39 is 0 Å². The van der Waals surface area contributed by atoms with Gasteiger partial charge in [-0.05, 0) is 44.4 Å². The molecule has 0 saturated carbocycles. The molecule has 0 unspecified atom stereocenters. The molecule has 1 aromatic carbocycles. The minimum Gasteiger partial charge on any atom is -0.466 e. The van der Waals surface area contributed by atoms with Gasteiger partial charge in [0.2, 0.25) is 0 Å². The van der Waals surface area contributed by atoms with E-state index in [1.54, 1.807) is 0 Å². The predicted molar refractivity (Wildman–Crippen MR) is 92.5 cm³/mol. The topological polar surface area (TPSA) is 48.6 Å². The number of anilines is 1. The highest BCUT2D eigenvalue weighted by Gasteiger charge is 2.17. The van der Waals surface area contributed by atoms with Crippen LogP contribution in [-0.4, -0.2) is 29.2 Å². The number of nitrogens with zero attached hydrogens (tertiary/aromatic N) is 1. The molecule has 1 aromatic heterocycles. The summed E-state index contributed by atoms with van der Waals surface area (Å²) in [5, 5.41) is 13.2. The van der Waals surface area contributed by atoms with Crippen LogP contribution < -0.4 is 5.32 Å². The number of nitrogens with one attached hydrogen (secondary N) is 1. The van der Waals surface area contributed by atoms with E-state index in [1.165, 1.54) is 16.8 Å².